The lowest BCUT2D eigenvalue weighted by molar-refractivity contribution is -0.143. The van der Waals surface area contributed by atoms with Crippen molar-refractivity contribution in [1.29, 1.82) is 0 Å². The molecule has 23 heavy (non-hydrogen) atoms. The van der Waals surface area contributed by atoms with E-state index in [1.165, 1.54) is 13.2 Å². The van der Waals surface area contributed by atoms with Gasteiger partial charge in [-0.1, -0.05) is 12.1 Å². The van der Waals surface area contributed by atoms with Crippen LogP contribution in [-0.4, -0.2) is 31.4 Å². The molecule has 1 saturated carbocycles. The monoisotopic (exact) mass is 320 g/mol. The highest BCUT2D eigenvalue weighted by molar-refractivity contribution is 6.62. The van der Waals surface area contributed by atoms with Gasteiger partial charge in [-0.3, -0.25) is 4.79 Å². The van der Waals surface area contributed by atoms with Crippen molar-refractivity contribution in [2.75, 3.05) is 7.11 Å². The van der Waals surface area contributed by atoms with E-state index in [9.17, 15) is 9.18 Å². The molecule has 0 amide bonds. The van der Waals surface area contributed by atoms with Gasteiger partial charge in [0, 0.05) is 5.56 Å². The summed E-state index contributed by atoms with van der Waals surface area (Å²) in [6.07, 6.45) is 1.23. The van der Waals surface area contributed by atoms with Gasteiger partial charge in [-0.2, -0.15) is 0 Å². The van der Waals surface area contributed by atoms with Crippen LogP contribution in [0.5, 0.6) is 0 Å². The van der Waals surface area contributed by atoms with Gasteiger partial charge in [0.2, 0.25) is 0 Å². The predicted octanol–water partition coefficient (Wildman–Crippen LogP) is 2.33. The molecule has 6 heteroatoms. The number of carbonyl (C=O) groups is 1. The molecule has 0 aromatic heterocycles. The molecular weight excluding hydrogens is 298 g/mol. The van der Waals surface area contributed by atoms with Crippen LogP contribution in [0.1, 0.15) is 46.1 Å². The smallest absolute Gasteiger partial charge is 0.468 e. The van der Waals surface area contributed by atoms with Crippen molar-refractivity contribution in [3.05, 3.63) is 29.6 Å². The maximum absolute atomic E-state index is 14.6. The van der Waals surface area contributed by atoms with Crippen molar-refractivity contribution in [2.24, 2.45) is 0 Å². The van der Waals surface area contributed by atoms with E-state index in [2.05, 4.69) is 0 Å². The van der Waals surface area contributed by atoms with Gasteiger partial charge in [0.25, 0.3) is 0 Å². The maximum atomic E-state index is 14.6. The van der Waals surface area contributed by atoms with E-state index in [4.69, 9.17) is 14.0 Å². The summed E-state index contributed by atoms with van der Waals surface area (Å²) in [6, 6.07) is 4.82. The highest BCUT2D eigenvalue weighted by Crippen LogP contribution is 2.50. The lowest BCUT2D eigenvalue weighted by atomic mass is 9.77. The first-order chi connectivity index (χ1) is 10.6. The molecule has 0 radical (unpaired) electrons. The summed E-state index contributed by atoms with van der Waals surface area (Å²) in [5.74, 6) is -0.792. The predicted molar refractivity (Wildman–Crippen MR) is 85.0 cm³/mol. The van der Waals surface area contributed by atoms with E-state index in [1.54, 1.807) is 12.1 Å². The topological polar surface area (TPSA) is 44.8 Å². The van der Waals surface area contributed by atoms with Gasteiger partial charge in [-0.05, 0) is 52.1 Å². The minimum absolute atomic E-state index is 0.375. The van der Waals surface area contributed by atoms with Crippen LogP contribution in [0.2, 0.25) is 0 Å². The summed E-state index contributed by atoms with van der Waals surface area (Å²) in [5.41, 5.74) is -0.754. The quantitative estimate of drug-likeness (QED) is 0.633. The molecular formula is C17H22BFO4. The zero-order valence-corrected chi connectivity index (χ0v) is 14.2. The molecule has 0 bridgehead atoms. The second-order valence-electron chi connectivity index (χ2n) is 7.40. The van der Waals surface area contributed by atoms with Crippen molar-refractivity contribution >= 4 is 18.6 Å². The molecule has 4 nitrogen and oxygen atoms in total. The number of hydrogen-bond donors (Lipinski definition) is 0. The molecule has 1 aromatic carbocycles. The third kappa shape index (κ3) is 2.48. The highest BCUT2D eigenvalue weighted by atomic mass is 19.1. The van der Waals surface area contributed by atoms with Crippen LogP contribution < -0.4 is 5.46 Å². The fourth-order valence-electron chi connectivity index (χ4n) is 2.95. The van der Waals surface area contributed by atoms with Crippen molar-refractivity contribution in [1.82, 2.24) is 0 Å². The molecule has 0 atom stereocenters. The number of halogens is 1. The number of esters is 1. The number of carbonyl (C=O) groups excluding carboxylic acids is 1. The number of ether oxygens (including phenoxy) is 1. The Morgan fingerprint density at radius 2 is 1.74 bits per heavy atom. The van der Waals surface area contributed by atoms with Crippen molar-refractivity contribution in [2.45, 2.75) is 57.2 Å². The molecule has 1 saturated heterocycles. The number of rotatable bonds is 3. The van der Waals surface area contributed by atoms with Gasteiger partial charge in [0.05, 0.1) is 23.7 Å². The SMILES string of the molecule is COC(=O)C1(c2ccc(B3OC(C)(C)C(C)(C)O3)cc2F)CC1. The van der Waals surface area contributed by atoms with E-state index in [-0.39, 0.29) is 5.97 Å². The molecule has 0 spiro atoms. The summed E-state index contributed by atoms with van der Waals surface area (Å²) in [6.45, 7) is 7.81. The molecule has 3 rings (SSSR count). The van der Waals surface area contributed by atoms with Crippen LogP contribution in [0, 0.1) is 5.82 Å². The average molecular weight is 320 g/mol. The van der Waals surface area contributed by atoms with E-state index >= 15 is 0 Å². The summed E-state index contributed by atoms with van der Waals surface area (Å²) in [7, 11) is 0.718. The first kappa shape index (κ1) is 16.5. The Morgan fingerprint density at radius 3 is 2.17 bits per heavy atom. The van der Waals surface area contributed by atoms with Gasteiger partial charge in [0.15, 0.2) is 0 Å². The molecule has 0 N–H and O–H groups in total. The second kappa shape index (κ2) is 5.05. The van der Waals surface area contributed by atoms with E-state index in [0.29, 0.717) is 23.9 Å². The van der Waals surface area contributed by atoms with E-state index < -0.39 is 29.6 Å². The fourth-order valence-corrected chi connectivity index (χ4v) is 2.95. The minimum atomic E-state index is -0.812. The third-order valence-electron chi connectivity index (χ3n) is 5.36. The van der Waals surface area contributed by atoms with E-state index in [1.807, 2.05) is 27.7 Å². The maximum Gasteiger partial charge on any atom is 0.494 e. The molecule has 1 aliphatic heterocycles. The number of benzene rings is 1. The Balaban J connectivity index is 1.89. The Labute approximate surface area is 136 Å². The molecule has 2 aliphatic rings. The van der Waals surface area contributed by atoms with Crippen LogP contribution in [0.3, 0.4) is 0 Å². The zero-order chi connectivity index (χ0) is 17.0. The minimum Gasteiger partial charge on any atom is -0.468 e. The Bertz CT molecular complexity index is 636. The number of hydrogen-bond acceptors (Lipinski definition) is 4. The lowest BCUT2D eigenvalue weighted by Crippen LogP contribution is -2.41. The summed E-state index contributed by atoms with van der Waals surface area (Å²) < 4.78 is 31.3. The first-order valence-electron chi connectivity index (χ1n) is 7.87. The summed E-state index contributed by atoms with van der Waals surface area (Å²) in [4.78, 5) is 11.9. The molecule has 0 unspecified atom stereocenters. The normalized spacial score (nSPS) is 23.7. The molecule has 1 aliphatic carbocycles. The van der Waals surface area contributed by atoms with Crippen LogP contribution in [0.15, 0.2) is 18.2 Å². The fraction of sp³-hybridized carbons (Fsp3) is 0.588. The van der Waals surface area contributed by atoms with Crippen LogP contribution in [0.4, 0.5) is 4.39 Å². The standard InChI is InChI=1S/C17H22BFO4/c1-15(2)16(3,4)23-18(22-15)11-6-7-12(13(19)10-11)17(8-9-17)14(20)21-5/h6-7,10H,8-9H2,1-5H3. The van der Waals surface area contributed by atoms with Crippen LogP contribution in [0.25, 0.3) is 0 Å². The van der Waals surface area contributed by atoms with Gasteiger partial charge < -0.3 is 14.0 Å². The molecule has 2 fully saturated rings. The van der Waals surface area contributed by atoms with Gasteiger partial charge in [-0.15, -0.1) is 0 Å². The number of methoxy groups -OCH3 is 1. The zero-order valence-electron chi connectivity index (χ0n) is 14.2. The molecule has 1 heterocycles. The van der Waals surface area contributed by atoms with Gasteiger partial charge in [0.1, 0.15) is 5.82 Å². The Kier molecular flexibility index (Phi) is 3.61. The van der Waals surface area contributed by atoms with E-state index in [0.717, 1.165) is 0 Å². The first-order valence-corrected chi connectivity index (χ1v) is 7.87. The van der Waals surface area contributed by atoms with Gasteiger partial charge in [-0.25, -0.2) is 4.39 Å². The Morgan fingerprint density at radius 1 is 1.17 bits per heavy atom. The Hall–Kier alpha value is -1.40. The summed E-state index contributed by atoms with van der Waals surface area (Å²) in [5, 5.41) is 0. The molecule has 124 valence electrons. The third-order valence-corrected chi connectivity index (χ3v) is 5.36. The average Bonchev–Trinajstić information content (AvgIpc) is 3.22. The lowest BCUT2D eigenvalue weighted by Gasteiger charge is -2.32. The summed E-state index contributed by atoms with van der Waals surface area (Å²) >= 11 is 0. The largest absolute Gasteiger partial charge is 0.494 e. The van der Waals surface area contributed by atoms with Gasteiger partial charge >= 0.3 is 13.1 Å². The second-order valence-corrected chi connectivity index (χ2v) is 7.40. The van der Waals surface area contributed by atoms with Crippen molar-refractivity contribution < 1.29 is 23.2 Å². The molecule has 1 aromatic rings. The van der Waals surface area contributed by atoms with Crippen molar-refractivity contribution in [3.63, 3.8) is 0 Å². The van der Waals surface area contributed by atoms with Crippen LogP contribution >= 0.6 is 0 Å². The highest BCUT2D eigenvalue weighted by Gasteiger charge is 2.55. The van der Waals surface area contributed by atoms with Crippen molar-refractivity contribution in [3.8, 4) is 0 Å². The van der Waals surface area contributed by atoms with Crippen LogP contribution in [-0.2, 0) is 24.3 Å².